The molecule has 0 saturated carbocycles. The summed E-state index contributed by atoms with van der Waals surface area (Å²) < 4.78 is 11.5. The Balaban J connectivity index is 2.40. The van der Waals surface area contributed by atoms with Crippen LogP contribution in [-0.2, 0) is 0 Å². The third kappa shape index (κ3) is 3.35. The van der Waals surface area contributed by atoms with Crippen LogP contribution in [0.3, 0.4) is 0 Å². The number of benzene rings is 2. The van der Waals surface area contributed by atoms with E-state index in [2.05, 4.69) is 28.1 Å². The lowest BCUT2D eigenvalue weighted by Crippen LogP contribution is -1.98. The fourth-order valence-electron chi connectivity index (χ4n) is 2.48. The van der Waals surface area contributed by atoms with E-state index in [0.29, 0.717) is 0 Å². The third-order valence-corrected chi connectivity index (χ3v) is 4.57. The van der Waals surface area contributed by atoms with Crippen LogP contribution in [0.5, 0.6) is 11.5 Å². The van der Waals surface area contributed by atoms with Crippen LogP contribution in [0.2, 0.25) is 0 Å². The van der Waals surface area contributed by atoms with E-state index in [0.717, 1.165) is 38.2 Å². The Hall–Kier alpha value is -1.19. The summed E-state index contributed by atoms with van der Waals surface area (Å²) in [5.74, 6) is 1.71. The molecule has 0 heterocycles. The largest absolute Gasteiger partial charge is 0.496 e. The van der Waals surface area contributed by atoms with Crippen molar-refractivity contribution in [1.29, 1.82) is 0 Å². The minimum absolute atomic E-state index is 0.212. The van der Waals surface area contributed by atoms with Gasteiger partial charge in [-0.25, -0.2) is 0 Å². The summed E-state index contributed by atoms with van der Waals surface area (Å²) in [5, 5.41) is -0.212. The molecule has 0 amide bonds. The van der Waals surface area contributed by atoms with Gasteiger partial charge in [0.25, 0.3) is 0 Å². The van der Waals surface area contributed by atoms with E-state index in [4.69, 9.17) is 21.1 Å². The number of ether oxygens (including phenoxy) is 2. The molecule has 0 aliphatic heterocycles. The maximum atomic E-state index is 6.64. The van der Waals surface area contributed by atoms with Crippen LogP contribution in [0.25, 0.3) is 0 Å². The van der Waals surface area contributed by atoms with Crippen LogP contribution < -0.4 is 9.47 Å². The number of hydrogen-bond acceptors (Lipinski definition) is 2. The molecule has 0 aliphatic carbocycles. The molecular formula is C17H18BrClO2. The van der Waals surface area contributed by atoms with Crippen LogP contribution in [0.4, 0.5) is 0 Å². The molecule has 0 saturated heterocycles. The molecule has 2 nitrogen and oxygen atoms in total. The van der Waals surface area contributed by atoms with Crippen LogP contribution in [-0.4, -0.2) is 14.2 Å². The molecule has 112 valence electrons. The van der Waals surface area contributed by atoms with Gasteiger partial charge in [-0.2, -0.15) is 0 Å². The zero-order valence-corrected chi connectivity index (χ0v) is 14.9. The van der Waals surface area contributed by atoms with Gasteiger partial charge in [0.15, 0.2) is 0 Å². The van der Waals surface area contributed by atoms with Crippen LogP contribution in [0, 0.1) is 13.8 Å². The first kappa shape index (κ1) is 16.2. The van der Waals surface area contributed by atoms with E-state index < -0.39 is 0 Å². The quantitative estimate of drug-likeness (QED) is 0.671. The highest BCUT2D eigenvalue weighted by atomic mass is 79.9. The molecule has 1 atom stereocenters. The van der Waals surface area contributed by atoms with Crippen molar-refractivity contribution < 1.29 is 9.47 Å². The summed E-state index contributed by atoms with van der Waals surface area (Å²) >= 11 is 10.1. The van der Waals surface area contributed by atoms with Crippen molar-refractivity contribution in [2.24, 2.45) is 0 Å². The van der Waals surface area contributed by atoms with Crippen molar-refractivity contribution in [1.82, 2.24) is 0 Å². The molecule has 2 aromatic rings. The van der Waals surface area contributed by atoms with Crippen molar-refractivity contribution in [3.8, 4) is 11.5 Å². The van der Waals surface area contributed by atoms with Gasteiger partial charge in [0.1, 0.15) is 11.5 Å². The second-order valence-corrected chi connectivity index (χ2v) is 6.24. The topological polar surface area (TPSA) is 18.5 Å². The average molecular weight is 370 g/mol. The van der Waals surface area contributed by atoms with Crippen LogP contribution >= 0.6 is 27.5 Å². The molecular weight excluding hydrogens is 352 g/mol. The van der Waals surface area contributed by atoms with Gasteiger partial charge in [0, 0.05) is 0 Å². The molecule has 0 aliphatic rings. The van der Waals surface area contributed by atoms with E-state index in [1.807, 2.05) is 32.0 Å². The van der Waals surface area contributed by atoms with Gasteiger partial charge in [-0.3, -0.25) is 0 Å². The number of aryl methyl sites for hydroxylation is 2. The van der Waals surface area contributed by atoms with E-state index in [-0.39, 0.29) is 5.38 Å². The molecule has 0 bridgehead atoms. The highest BCUT2D eigenvalue weighted by Crippen LogP contribution is 2.36. The zero-order valence-electron chi connectivity index (χ0n) is 12.5. The smallest absolute Gasteiger partial charge is 0.133 e. The minimum Gasteiger partial charge on any atom is -0.496 e. The van der Waals surface area contributed by atoms with E-state index in [9.17, 15) is 0 Å². The predicted octanol–water partition coefficient (Wildman–Crippen LogP) is 5.41. The Morgan fingerprint density at radius 2 is 1.57 bits per heavy atom. The van der Waals surface area contributed by atoms with Gasteiger partial charge < -0.3 is 9.47 Å². The molecule has 0 spiro atoms. The molecule has 0 N–H and O–H groups in total. The predicted molar refractivity (Wildman–Crippen MR) is 90.9 cm³/mol. The molecule has 4 heteroatoms. The average Bonchev–Trinajstić information content (AvgIpc) is 2.46. The molecule has 1 unspecified atom stereocenters. The van der Waals surface area contributed by atoms with E-state index in [1.54, 1.807) is 14.2 Å². The summed E-state index contributed by atoms with van der Waals surface area (Å²) in [6, 6.07) is 10.0. The first-order chi connectivity index (χ1) is 9.97. The Morgan fingerprint density at radius 3 is 2.05 bits per heavy atom. The first-order valence-corrected chi connectivity index (χ1v) is 7.83. The van der Waals surface area contributed by atoms with Gasteiger partial charge in [-0.05, 0) is 64.2 Å². The number of halogens is 2. The van der Waals surface area contributed by atoms with Gasteiger partial charge in [-0.1, -0.05) is 18.2 Å². The summed E-state index contributed by atoms with van der Waals surface area (Å²) in [6.07, 6.45) is 0. The monoisotopic (exact) mass is 368 g/mol. The Kier molecular flexibility index (Phi) is 5.17. The van der Waals surface area contributed by atoms with E-state index in [1.165, 1.54) is 0 Å². The SMILES string of the molecule is COc1ccc(C(Cl)c2cc(C)c(OC)c(C)c2)cc1Br. The number of rotatable bonds is 4. The van der Waals surface area contributed by atoms with Gasteiger partial charge >= 0.3 is 0 Å². The van der Waals surface area contributed by atoms with Crippen molar-refractivity contribution in [2.75, 3.05) is 14.2 Å². The maximum absolute atomic E-state index is 6.64. The molecule has 2 aromatic carbocycles. The Labute approximate surface area is 139 Å². The maximum Gasteiger partial charge on any atom is 0.133 e. The summed E-state index contributed by atoms with van der Waals surface area (Å²) in [5.41, 5.74) is 4.26. The standard InChI is InChI=1S/C17H18BrClO2/c1-10-7-13(8-11(2)17(10)21-4)16(19)12-5-6-15(20-3)14(18)9-12/h5-9,16H,1-4H3. The highest BCUT2D eigenvalue weighted by Gasteiger charge is 2.15. The van der Waals surface area contributed by atoms with Crippen LogP contribution in [0.1, 0.15) is 27.6 Å². The Morgan fingerprint density at radius 1 is 0.952 bits per heavy atom. The molecule has 0 radical (unpaired) electrons. The van der Waals surface area contributed by atoms with E-state index >= 15 is 0 Å². The number of methoxy groups -OCH3 is 2. The molecule has 0 aromatic heterocycles. The fourth-order valence-corrected chi connectivity index (χ4v) is 3.30. The summed E-state index contributed by atoms with van der Waals surface area (Å²) in [6.45, 7) is 4.06. The highest BCUT2D eigenvalue weighted by molar-refractivity contribution is 9.10. The second-order valence-electron chi connectivity index (χ2n) is 4.94. The number of hydrogen-bond donors (Lipinski definition) is 0. The Bertz CT molecular complexity index is 632. The second kappa shape index (κ2) is 6.71. The van der Waals surface area contributed by atoms with Crippen molar-refractivity contribution in [2.45, 2.75) is 19.2 Å². The van der Waals surface area contributed by atoms with Crippen molar-refractivity contribution in [3.63, 3.8) is 0 Å². The molecule has 0 fully saturated rings. The zero-order chi connectivity index (χ0) is 15.6. The lowest BCUT2D eigenvalue weighted by atomic mass is 9.99. The van der Waals surface area contributed by atoms with Gasteiger partial charge in [0.2, 0.25) is 0 Å². The van der Waals surface area contributed by atoms with Gasteiger partial charge in [-0.15, -0.1) is 11.6 Å². The van der Waals surface area contributed by atoms with Crippen LogP contribution in [0.15, 0.2) is 34.8 Å². The lowest BCUT2D eigenvalue weighted by molar-refractivity contribution is 0.408. The van der Waals surface area contributed by atoms with Crippen molar-refractivity contribution >= 4 is 27.5 Å². The normalized spacial score (nSPS) is 12.1. The summed E-state index contributed by atoms with van der Waals surface area (Å²) in [4.78, 5) is 0. The van der Waals surface area contributed by atoms with Crippen molar-refractivity contribution in [3.05, 3.63) is 57.1 Å². The number of alkyl halides is 1. The third-order valence-electron chi connectivity index (χ3n) is 3.45. The lowest BCUT2D eigenvalue weighted by Gasteiger charge is -2.16. The molecule has 2 rings (SSSR count). The minimum atomic E-state index is -0.212. The van der Waals surface area contributed by atoms with Gasteiger partial charge in [0.05, 0.1) is 24.1 Å². The molecule has 21 heavy (non-hydrogen) atoms. The summed E-state index contributed by atoms with van der Waals surface area (Å²) in [7, 11) is 3.34. The first-order valence-electron chi connectivity index (χ1n) is 6.60. The fraction of sp³-hybridized carbons (Fsp3) is 0.294.